The van der Waals surface area contributed by atoms with Gasteiger partial charge in [0, 0.05) is 18.2 Å². The number of fused-ring (bicyclic) bond motifs is 1. The van der Waals surface area contributed by atoms with Gasteiger partial charge >= 0.3 is 0 Å². The lowest BCUT2D eigenvalue weighted by Gasteiger charge is -2.19. The number of hydrogen-bond acceptors (Lipinski definition) is 4. The Hall–Kier alpha value is -1.82. The summed E-state index contributed by atoms with van der Waals surface area (Å²) in [6, 6.07) is 5.41. The third-order valence-electron chi connectivity index (χ3n) is 2.37. The van der Waals surface area contributed by atoms with Crippen LogP contribution in [0.25, 0.3) is 0 Å². The molecule has 1 aliphatic heterocycles. The van der Waals surface area contributed by atoms with Gasteiger partial charge in [0.2, 0.25) is 5.91 Å². The molecule has 1 amide bonds. The topological polar surface area (TPSA) is 59.6 Å². The zero-order valence-electron chi connectivity index (χ0n) is 9.99. The summed E-state index contributed by atoms with van der Waals surface area (Å²) in [7, 11) is 0. The summed E-state index contributed by atoms with van der Waals surface area (Å²) in [5.74, 6) is 1.27. The van der Waals surface area contributed by atoms with Gasteiger partial charge in [0.15, 0.2) is 16.6 Å². The van der Waals surface area contributed by atoms with E-state index in [0.717, 1.165) is 11.4 Å². The summed E-state index contributed by atoms with van der Waals surface area (Å²) in [4.78, 5) is 11.2. The minimum absolute atomic E-state index is 0.120. The SMILES string of the molecule is CCC(=O)NC(=S)Nc1ccc2c(c1)OCCO2. The van der Waals surface area contributed by atoms with E-state index in [2.05, 4.69) is 10.6 Å². The predicted molar refractivity (Wildman–Crippen MR) is 72.1 cm³/mol. The van der Waals surface area contributed by atoms with Crippen molar-refractivity contribution < 1.29 is 14.3 Å². The molecule has 0 atom stereocenters. The fourth-order valence-electron chi connectivity index (χ4n) is 1.50. The van der Waals surface area contributed by atoms with Gasteiger partial charge < -0.3 is 20.1 Å². The van der Waals surface area contributed by atoms with Crippen LogP contribution in [-0.4, -0.2) is 24.2 Å². The first-order valence-corrected chi connectivity index (χ1v) is 6.10. The highest BCUT2D eigenvalue weighted by molar-refractivity contribution is 7.80. The zero-order chi connectivity index (χ0) is 13.0. The molecule has 1 aromatic rings. The van der Waals surface area contributed by atoms with Gasteiger partial charge in [-0.15, -0.1) is 0 Å². The van der Waals surface area contributed by atoms with E-state index in [0.29, 0.717) is 25.4 Å². The Morgan fingerprint density at radius 2 is 2.06 bits per heavy atom. The van der Waals surface area contributed by atoms with Crippen LogP contribution in [-0.2, 0) is 4.79 Å². The molecule has 0 saturated heterocycles. The van der Waals surface area contributed by atoms with E-state index in [4.69, 9.17) is 21.7 Å². The van der Waals surface area contributed by atoms with Crippen LogP contribution in [0.5, 0.6) is 11.5 Å². The van der Waals surface area contributed by atoms with Crippen LogP contribution in [0.2, 0.25) is 0 Å². The van der Waals surface area contributed by atoms with E-state index >= 15 is 0 Å². The van der Waals surface area contributed by atoms with Crippen LogP contribution < -0.4 is 20.1 Å². The van der Waals surface area contributed by atoms with Crippen molar-refractivity contribution in [3.8, 4) is 11.5 Å². The molecular weight excluding hydrogens is 252 g/mol. The Morgan fingerprint density at radius 3 is 2.78 bits per heavy atom. The molecule has 2 rings (SSSR count). The van der Waals surface area contributed by atoms with Gasteiger partial charge in [-0.3, -0.25) is 4.79 Å². The number of rotatable bonds is 2. The molecule has 0 unspecified atom stereocenters. The lowest BCUT2D eigenvalue weighted by Crippen LogP contribution is -2.33. The highest BCUT2D eigenvalue weighted by Gasteiger charge is 2.12. The third kappa shape index (κ3) is 3.10. The van der Waals surface area contributed by atoms with E-state index in [-0.39, 0.29) is 11.0 Å². The minimum atomic E-state index is -0.120. The fraction of sp³-hybridized carbons (Fsp3) is 0.333. The lowest BCUT2D eigenvalue weighted by molar-refractivity contribution is -0.119. The van der Waals surface area contributed by atoms with Crippen LogP contribution in [0.15, 0.2) is 18.2 Å². The lowest BCUT2D eigenvalue weighted by atomic mass is 10.2. The van der Waals surface area contributed by atoms with E-state index in [1.807, 2.05) is 6.07 Å². The third-order valence-corrected chi connectivity index (χ3v) is 2.58. The molecule has 1 heterocycles. The van der Waals surface area contributed by atoms with Gasteiger partial charge in [0.25, 0.3) is 0 Å². The summed E-state index contributed by atoms with van der Waals surface area (Å²) in [6.45, 7) is 2.86. The van der Waals surface area contributed by atoms with Gasteiger partial charge in [-0.1, -0.05) is 6.92 Å². The molecule has 6 heteroatoms. The van der Waals surface area contributed by atoms with Crippen molar-refractivity contribution in [2.45, 2.75) is 13.3 Å². The smallest absolute Gasteiger partial charge is 0.225 e. The molecule has 0 fully saturated rings. The number of thiocarbonyl (C=S) groups is 1. The molecular formula is C12H14N2O3S. The normalized spacial score (nSPS) is 12.7. The quantitative estimate of drug-likeness (QED) is 0.798. The maximum Gasteiger partial charge on any atom is 0.225 e. The maximum atomic E-state index is 11.2. The van der Waals surface area contributed by atoms with Gasteiger partial charge in [-0.25, -0.2) is 0 Å². The minimum Gasteiger partial charge on any atom is -0.486 e. The summed E-state index contributed by atoms with van der Waals surface area (Å²) < 4.78 is 10.9. The van der Waals surface area contributed by atoms with Gasteiger partial charge in [0.1, 0.15) is 13.2 Å². The molecule has 0 aromatic heterocycles. The standard InChI is InChI=1S/C12H14N2O3S/c1-2-11(15)14-12(18)13-8-3-4-9-10(7-8)17-6-5-16-9/h3-4,7H,2,5-6H2,1H3,(H2,13,14,15,18). The number of anilines is 1. The van der Waals surface area contributed by atoms with Crippen molar-refractivity contribution >= 4 is 28.9 Å². The maximum absolute atomic E-state index is 11.2. The number of nitrogens with one attached hydrogen (secondary N) is 2. The van der Waals surface area contributed by atoms with Crippen molar-refractivity contribution in [3.63, 3.8) is 0 Å². The second-order valence-electron chi connectivity index (χ2n) is 3.71. The second kappa shape index (κ2) is 5.68. The highest BCUT2D eigenvalue weighted by Crippen LogP contribution is 2.32. The molecule has 0 saturated carbocycles. The van der Waals surface area contributed by atoms with Crippen LogP contribution in [0, 0.1) is 0 Å². The molecule has 1 aliphatic rings. The number of amides is 1. The van der Waals surface area contributed by atoms with Crippen LogP contribution >= 0.6 is 12.2 Å². The molecule has 18 heavy (non-hydrogen) atoms. The Kier molecular flexibility index (Phi) is 3.99. The molecule has 0 bridgehead atoms. The summed E-state index contributed by atoms with van der Waals surface area (Å²) in [5, 5.41) is 5.77. The zero-order valence-corrected chi connectivity index (χ0v) is 10.8. The monoisotopic (exact) mass is 266 g/mol. The van der Waals surface area contributed by atoms with Crippen molar-refractivity contribution in [2.24, 2.45) is 0 Å². The number of ether oxygens (including phenoxy) is 2. The van der Waals surface area contributed by atoms with Crippen molar-refractivity contribution in [1.29, 1.82) is 0 Å². The number of carbonyl (C=O) groups excluding carboxylic acids is 1. The molecule has 2 N–H and O–H groups in total. The van der Waals surface area contributed by atoms with Crippen molar-refractivity contribution in [3.05, 3.63) is 18.2 Å². The van der Waals surface area contributed by atoms with Crippen molar-refractivity contribution in [1.82, 2.24) is 5.32 Å². The first-order valence-electron chi connectivity index (χ1n) is 5.69. The Labute approximate surface area is 110 Å². The van der Waals surface area contributed by atoms with E-state index in [1.54, 1.807) is 19.1 Å². The Morgan fingerprint density at radius 1 is 1.33 bits per heavy atom. The van der Waals surface area contributed by atoms with E-state index < -0.39 is 0 Å². The first-order chi connectivity index (χ1) is 8.69. The Balaban J connectivity index is 2.01. The number of carbonyl (C=O) groups is 1. The first kappa shape index (κ1) is 12.6. The average molecular weight is 266 g/mol. The largest absolute Gasteiger partial charge is 0.486 e. The Bertz CT molecular complexity index is 476. The highest BCUT2D eigenvalue weighted by atomic mass is 32.1. The van der Waals surface area contributed by atoms with Crippen LogP contribution in [0.4, 0.5) is 5.69 Å². The average Bonchev–Trinajstić information content (AvgIpc) is 2.38. The van der Waals surface area contributed by atoms with E-state index in [9.17, 15) is 4.79 Å². The summed E-state index contributed by atoms with van der Waals surface area (Å²) >= 11 is 5.02. The predicted octanol–water partition coefficient (Wildman–Crippen LogP) is 1.68. The fourth-order valence-corrected chi connectivity index (χ4v) is 1.73. The molecule has 96 valence electrons. The van der Waals surface area contributed by atoms with Gasteiger partial charge in [-0.05, 0) is 24.4 Å². The molecule has 5 nitrogen and oxygen atoms in total. The van der Waals surface area contributed by atoms with Gasteiger partial charge in [0.05, 0.1) is 0 Å². The van der Waals surface area contributed by atoms with E-state index in [1.165, 1.54) is 0 Å². The molecule has 0 aliphatic carbocycles. The second-order valence-corrected chi connectivity index (χ2v) is 4.12. The van der Waals surface area contributed by atoms with Crippen molar-refractivity contribution in [2.75, 3.05) is 18.5 Å². The number of benzene rings is 1. The number of hydrogen-bond donors (Lipinski definition) is 2. The summed E-state index contributed by atoms with van der Waals surface area (Å²) in [6.07, 6.45) is 0.392. The van der Waals surface area contributed by atoms with Crippen LogP contribution in [0.3, 0.4) is 0 Å². The van der Waals surface area contributed by atoms with Crippen LogP contribution in [0.1, 0.15) is 13.3 Å². The molecule has 0 spiro atoms. The molecule has 1 aromatic carbocycles. The molecule has 0 radical (unpaired) electrons. The summed E-state index contributed by atoms with van der Waals surface area (Å²) in [5.41, 5.74) is 0.751. The van der Waals surface area contributed by atoms with Gasteiger partial charge in [-0.2, -0.15) is 0 Å².